The van der Waals surface area contributed by atoms with Gasteiger partial charge in [0.15, 0.2) is 0 Å². The normalized spacial score (nSPS) is 14.8. The number of carbonyl (C=O) groups is 1. The summed E-state index contributed by atoms with van der Waals surface area (Å²) in [6, 6.07) is 9.66. The van der Waals surface area contributed by atoms with Gasteiger partial charge in [0.2, 0.25) is 0 Å². The minimum Gasteiger partial charge on any atom is -0.464 e. The van der Waals surface area contributed by atoms with Crippen LogP contribution in [0.15, 0.2) is 30.3 Å². The van der Waals surface area contributed by atoms with Crippen molar-refractivity contribution in [1.29, 1.82) is 0 Å². The van der Waals surface area contributed by atoms with Gasteiger partial charge in [0.25, 0.3) is 0 Å². The molecule has 6 heteroatoms. The maximum Gasteiger partial charge on any atom is 0.310 e. The van der Waals surface area contributed by atoms with Gasteiger partial charge in [-0.2, -0.15) is 0 Å². The molecule has 0 radical (unpaired) electrons. The van der Waals surface area contributed by atoms with Crippen LogP contribution < -0.4 is 0 Å². The molecule has 1 aromatic rings. The van der Waals surface area contributed by atoms with Crippen LogP contribution >= 0.6 is 12.4 Å². The molecule has 1 aliphatic rings. The molecule has 0 atom stereocenters. The average molecular weight is 304 g/mol. The molecule has 1 aliphatic heterocycles. The van der Waals surface area contributed by atoms with Crippen LogP contribution in [0.2, 0.25) is 0 Å². The second kappa shape index (κ2) is 10.6. The zero-order chi connectivity index (χ0) is 12.6. The van der Waals surface area contributed by atoms with Crippen LogP contribution in [0.4, 0.5) is 0 Å². The van der Waals surface area contributed by atoms with Gasteiger partial charge in [0.1, 0.15) is 6.61 Å². The summed E-state index contributed by atoms with van der Waals surface area (Å²) in [5.74, 6) is -0.158. The third-order valence-corrected chi connectivity index (χ3v) is 2.97. The van der Waals surface area contributed by atoms with E-state index in [2.05, 4.69) is 4.90 Å². The second-order valence-corrected chi connectivity index (χ2v) is 4.34. The molecule has 0 spiro atoms. The van der Waals surface area contributed by atoms with Crippen LogP contribution in [0.3, 0.4) is 0 Å². The van der Waals surface area contributed by atoms with Gasteiger partial charge in [0, 0.05) is 19.6 Å². The summed E-state index contributed by atoms with van der Waals surface area (Å²) in [5, 5.41) is 0. The summed E-state index contributed by atoms with van der Waals surface area (Å²) in [4.78, 5) is 13.8. The molecule has 114 valence electrons. The predicted octanol–water partition coefficient (Wildman–Crippen LogP) is 0.702. The van der Waals surface area contributed by atoms with Crippen molar-refractivity contribution in [2.45, 2.75) is 6.42 Å². The van der Waals surface area contributed by atoms with E-state index in [-0.39, 0.29) is 23.9 Å². The van der Waals surface area contributed by atoms with Gasteiger partial charge < -0.3 is 14.9 Å². The Bertz CT molecular complexity index is 369. The van der Waals surface area contributed by atoms with Crippen molar-refractivity contribution < 1.29 is 19.7 Å². The molecule has 0 unspecified atom stereocenters. The standard InChI is InChI=1S/C14H19NO3.ClH.H2O/c16-14(12-13-4-2-1-3-5-13)18-11-8-15-6-9-17-10-7-15;;/h1-5H,6-12H2;1H;1H2. The smallest absolute Gasteiger partial charge is 0.310 e. The lowest BCUT2D eigenvalue weighted by atomic mass is 10.2. The van der Waals surface area contributed by atoms with Crippen LogP contribution in [-0.4, -0.2) is 55.8 Å². The van der Waals surface area contributed by atoms with Crippen LogP contribution in [0.1, 0.15) is 5.56 Å². The van der Waals surface area contributed by atoms with E-state index in [4.69, 9.17) is 9.47 Å². The number of carbonyl (C=O) groups excluding carboxylic acids is 1. The number of rotatable bonds is 5. The van der Waals surface area contributed by atoms with E-state index >= 15 is 0 Å². The first-order valence-corrected chi connectivity index (χ1v) is 6.34. The SMILES string of the molecule is Cl.O.O=C(Cc1ccccc1)OCCN1CCOCC1. The van der Waals surface area contributed by atoms with E-state index in [9.17, 15) is 4.79 Å². The van der Waals surface area contributed by atoms with Gasteiger partial charge >= 0.3 is 5.97 Å². The number of morpholine rings is 1. The molecule has 2 rings (SSSR count). The minimum absolute atomic E-state index is 0. The highest BCUT2D eigenvalue weighted by molar-refractivity contribution is 5.85. The monoisotopic (exact) mass is 303 g/mol. The molecule has 1 fully saturated rings. The number of esters is 1. The number of benzene rings is 1. The van der Waals surface area contributed by atoms with E-state index in [1.54, 1.807) is 0 Å². The Kier molecular flexibility index (Phi) is 10.0. The van der Waals surface area contributed by atoms with Crippen molar-refractivity contribution in [3.63, 3.8) is 0 Å². The Morgan fingerprint density at radius 3 is 2.50 bits per heavy atom. The quantitative estimate of drug-likeness (QED) is 0.751. The average Bonchev–Trinajstić information content (AvgIpc) is 2.41. The molecule has 1 heterocycles. The number of hydrogen-bond acceptors (Lipinski definition) is 4. The van der Waals surface area contributed by atoms with Crippen molar-refractivity contribution in [2.24, 2.45) is 0 Å². The minimum atomic E-state index is -0.158. The third kappa shape index (κ3) is 6.86. The fourth-order valence-electron chi connectivity index (χ4n) is 1.93. The van der Waals surface area contributed by atoms with Gasteiger partial charge in [-0.25, -0.2) is 0 Å². The van der Waals surface area contributed by atoms with Gasteiger partial charge in [-0.15, -0.1) is 12.4 Å². The lowest BCUT2D eigenvalue weighted by molar-refractivity contribution is -0.143. The molecule has 1 aromatic carbocycles. The van der Waals surface area contributed by atoms with E-state index in [1.165, 1.54) is 0 Å². The van der Waals surface area contributed by atoms with Crippen molar-refractivity contribution in [3.05, 3.63) is 35.9 Å². The molecule has 0 aliphatic carbocycles. The number of hydrogen-bond donors (Lipinski definition) is 0. The highest BCUT2D eigenvalue weighted by Gasteiger charge is 2.11. The fourth-order valence-corrected chi connectivity index (χ4v) is 1.93. The van der Waals surface area contributed by atoms with E-state index < -0.39 is 0 Å². The highest BCUT2D eigenvalue weighted by atomic mass is 35.5. The first-order chi connectivity index (χ1) is 8.84. The second-order valence-electron chi connectivity index (χ2n) is 4.34. The fraction of sp³-hybridized carbons (Fsp3) is 0.500. The maximum atomic E-state index is 11.6. The van der Waals surface area contributed by atoms with Crippen LogP contribution in [0.5, 0.6) is 0 Å². The summed E-state index contributed by atoms with van der Waals surface area (Å²) in [6.07, 6.45) is 0.351. The largest absolute Gasteiger partial charge is 0.464 e. The van der Waals surface area contributed by atoms with Gasteiger partial charge in [-0.3, -0.25) is 9.69 Å². The number of ether oxygens (including phenoxy) is 2. The van der Waals surface area contributed by atoms with Crippen molar-refractivity contribution in [1.82, 2.24) is 4.90 Å². The van der Waals surface area contributed by atoms with Crippen LogP contribution in [-0.2, 0) is 20.7 Å². The lowest BCUT2D eigenvalue weighted by Gasteiger charge is -2.26. The summed E-state index contributed by atoms with van der Waals surface area (Å²) in [6.45, 7) is 4.66. The molecular weight excluding hydrogens is 282 g/mol. The Morgan fingerprint density at radius 2 is 1.85 bits per heavy atom. The summed E-state index contributed by atoms with van der Waals surface area (Å²) >= 11 is 0. The summed E-state index contributed by atoms with van der Waals surface area (Å²) in [5.41, 5.74) is 0.994. The zero-order valence-corrected chi connectivity index (χ0v) is 12.2. The third-order valence-electron chi connectivity index (χ3n) is 2.97. The molecule has 1 saturated heterocycles. The molecule has 0 aromatic heterocycles. The van der Waals surface area contributed by atoms with Gasteiger partial charge in [0.05, 0.1) is 19.6 Å². The first kappa shape index (κ1) is 18.9. The molecular formula is C14H22ClNO4. The molecule has 0 amide bonds. The van der Waals surface area contributed by atoms with Crippen molar-refractivity contribution in [2.75, 3.05) is 39.5 Å². The Labute approximate surface area is 125 Å². The molecule has 0 saturated carbocycles. The topological polar surface area (TPSA) is 70.3 Å². The first-order valence-electron chi connectivity index (χ1n) is 6.34. The number of halogens is 1. The summed E-state index contributed by atoms with van der Waals surface area (Å²) in [7, 11) is 0. The highest BCUT2D eigenvalue weighted by Crippen LogP contribution is 2.01. The van der Waals surface area contributed by atoms with Crippen molar-refractivity contribution in [3.8, 4) is 0 Å². The predicted molar refractivity (Wildman–Crippen MR) is 79.2 cm³/mol. The Hall–Kier alpha value is -1.14. The van der Waals surface area contributed by atoms with E-state index in [0.717, 1.165) is 38.4 Å². The van der Waals surface area contributed by atoms with Crippen LogP contribution in [0.25, 0.3) is 0 Å². The molecule has 5 nitrogen and oxygen atoms in total. The molecule has 2 N–H and O–H groups in total. The van der Waals surface area contributed by atoms with Crippen molar-refractivity contribution >= 4 is 18.4 Å². The molecule has 20 heavy (non-hydrogen) atoms. The Morgan fingerprint density at radius 1 is 1.20 bits per heavy atom. The summed E-state index contributed by atoms with van der Waals surface area (Å²) < 4.78 is 10.5. The lowest BCUT2D eigenvalue weighted by Crippen LogP contribution is -2.38. The van der Waals surface area contributed by atoms with Gasteiger partial charge in [-0.1, -0.05) is 30.3 Å². The van der Waals surface area contributed by atoms with Gasteiger partial charge in [-0.05, 0) is 5.56 Å². The Balaban J connectivity index is 0.00000180. The maximum absolute atomic E-state index is 11.6. The zero-order valence-electron chi connectivity index (χ0n) is 11.4. The van der Waals surface area contributed by atoms with E-state index in [0.29, 0.717) is 13.0 Å². The van der Waals surface area contributed by atoms with Crippen LogP contribution in [0, 0.1) is 0 Å². The number of nitrogens with zero attached hydrogens (tertiary/aromatic N) is 1. The van der Waals surface area contributed by atoms with E-state index in [1.807, 2.05) is 30.3 Å². The molecule has 0 bridgehead atoms.